The van der Waals surface area contributed by atoms with Gasteiger partial charge in [-0.3, -0.25) is 9.69 Å². The molecule has 3 aromatic carbocycles. The number of halogens is 1. The topological polar surface area (TPSA) is 38.8 Å². The Kier molecular flexibility index (Phi) is 8.62. The van der Waals surface area contributed by atoms with E-state index in [1.54, 1.807) is 0 Å². The van der Waals surface area contributed by atoms with Gasteiger partial charge in [0, 0.05) is 18.5 Å². The molecule has 0 aliphatic carbocycles. The van der Waals surface area contributed by atoms with Crippen molar-refractivity contribution in [3.8, 4) is 11.5 Å². The highest BCUT2D eigenvalue weighted by atomic mass is 35.5. The number of benzene rings is 3. The van der Waals surface area contributed by atoms with Crippen molar-refractivity contribution in [2.75, 3.05) is 26.2 Å². The zero-order valence-electron chi connectivity index (χ0n) is 20.4. The standard InChI is InChI=1S/C30H32ClNO3/c1-22(24-6-12-27(31)13-7-24)30(26-10-16-29(17-11-26)35-23(2)33)25-8-14-28(15-9-25)34-21-20-32-18-4-3-5-19-32/h6-17H,3-5,18-21H2,1-2H3/b30-22+. The number of ether oxygens (including phenoxy) is 2. The number of likely N-dealkylation sites (tertiary alicyclic amines) is 1. The van der Waals surface area contributed by atoms with Gasteiger partial charge in [0.05, 0.1) is 0 Å². The first-order chi connectivity index (χ1) is 17.0. The molecule has 1 saturated heterocycles. The minimum atomic E-state index is -0.332. The highest BCUT2D eigenvalue weighted by Crippen LogP contribution is 2.34. The minimum absolute atomic E-state index is 0.332. The van der Waals surface area contributed by atoms with Crippen molar-refractivity contribution in [1.29, 1.82) is 0 Å². The molecular formula is C30H32ClNO3. The molecule has 3 aromatic rings. The van der Waals surface area contributed by atoms with E-state index in [2.05, 4.69) is 24.0 Å². The fourth-order valence-electron chi connectivity index (χ4n) is 4.49. The quantitative estimate of drug-likeness (QED) is 0.192. The van der Waals surface area contributed by atoms with Gasteiger partial charge < -0.3 is 9.47 Å². The van der Waals surface area contributed by atoms with E-state index in [1.165, 1.54) is 39.3 Å². The minimum Gasteiger partial charge on any atom is -0.492 e. The summed E-state index contributed by atoms with van der Waals surface area (Å²) in [6.45, 7) is 7.54. The number of carbonyl (C=O) groups excluding carboxylic acids is 1. The monoisotopic (exact) mass is 489 g/mol. The van der Waals surface area contributed by atoms with Crippen molar-refractivity contribution in [3.63, 3.8) is 0 Å². The van der Waals surface area contributed by atoms with Crippen molar-refractivity contribution in [3.05, 3.63) is 94.5 Å². The highest BCUT2D eigenvalue weighted by Gasteiger charge is 2.13. The lowest BCUT2D eigenvalue weighted by Crippen LogP contribution is -2.33. The van der Waals surface area contributed by atoms with E-state index in [0.717, 1.165) is 40.1 Å². The van der Waals surface area contributed by atoms with Gasteiger partial charge in [0.25, 0.3) is 0 Å². The number of carbonyl (C=O) groups is 1. The van der Waals surface area contributed by atoms with Crippen LogP contribution in [0.15, 0.2) is 72.8 Å². The summed E-state index contributed by atoms with van der Waals surface area (Å²) in [5.41, 5.74) is 5.44. The van der Waals surface area contributed by atoms with Crippen molar-refractivity contribution in [1.82, 2.24) is 4.90 Å². The van der Waals surface area contributed by atoms with Gasteiger partial charge in [-0.2, -0.15) is 0 Å². The number of hydrogen-bond donors (Lipinski definition) is 0. The highest BCUT2D eigenvalue weighted by molar-refractivity contribution is 6.30. The predicted molar refractivity (Wildman–Crippen MR) is 143 cm³/mol. The average molecular weight is 490 g/mol. The second kappa shape index (κ2) is 12.1. The summed E-state index contributed by atoms with van der Waals surface area (Å²) in [6.07, 6.45) is 3.92. The lowest BCUT2D eigenvalue weighted by atomic mass is 9.90. The van der Waals surface area contributed by atoms with E-state index < -0.39 is 0 Å². The molecule has 182 valence electrons. The molecule has 1 heterocycles. The molecule has 0 atom stereocenters. The molecule has 0 amide bonds. The molecule has 0 aromatic heterocycles. The van der Waals surface area contributed by atoms with Crippen LogP contribution in [0.5, 0.6) is 11.5 Å². The van der Waals surface area contributed by atoms with Gasteiger partial charge in [0.2, 0.25) is 0 Å². The molecule has 4 nitrogen and oxygen atoms in total. The Bertz CT molecular complexity index is 1150. The maximum Gasteiger partial charge on any atom is 0.308 e. The summed E-state index contributed by atoms with van der Waals surface area (Å²) < 4.78 is 11.3. The van der Waals surface area contributed by atoms with Gasteiger partial charge in [-0.05, 0) is 97.1 Å². The van der Waals surface area contributed by atoms with Gasteiger partial charge in [-0.25, -0.2) is 0 Å². The molecule has 1 aliphatic heterocycles. The Morgan fingerprint density at radius 1 is 0.771 bits per heavy atom. The number of allylic oxidation sites excluding steroid dienone is 1. The summed E-state index contributed by atoms with van der Waals surface area (Å²) in [7, 11) is 0. The summed E-state index contributed by atoms with van der Waals surface area (Å²) >= 11 is 6.12. The van der Waals surface area contributed by atoms with Gasteiger partial charge >= 0.3 is 5.97 Å². The Labute approximate surface area is 213 Å². The number of piperidine rings is 1. The van der Waals surface area contributed by atoms with Crippen molar-refractivity contribution >= 4 is 28.7 Å². The van der Waals surface area contributed by atoms with E-state index in [4.69, 9.17) is 21.1 Å². The lowest BCUT2D eigenvalue weighted by Gasteiger charge is -2.26. The Morgan fingerprint density at radius 3 is 1.89 bits per heavy atom. The van der Waals surface area contributed by atoms with E-state index in [-0.39, 0.29) is 5.97 Å². The van der Waals surface area contributed by atoms with Crippen LogP contribution in [0.2, 0.25) is 5.02 Å². The maximum atomic E-state index is 11.3. The van der Waals surface area contributed by atoms with Crippen molar-refractivity contribution < 1.29 is 14.3 Å². The molecule has 0 spiro atoms. The largest absolute Gasteiger partial charge is 0.492 e. The Morgan fingerprint density at radius 2 is 1.31 bits per heavy atom. The SMILES string of the molecule is CC(=O)Oc1ccc(/C(=C(\C)c2ccc(Cl)cc2)c2ccc(OCCN3CCCCC3)cc2)cc1. The van der Waals surface area contributed by atoms with E-state index in [9.17, 15) is 4.79 Å². The fourth-order valence-corrected chi connectivity index (χ4v) is 4.62. The van der Waals surface area contributed by atoms with E-state index in [0.29, 0.717) is 17.4 Å². The summed E-state index contributed by atoms with van der Waals surface area (Å²) in [6, 6.07) is 23.8. The third-order valence-electron chi connectivity index (χ3n) is 6.32. The molecule has 4 rings (SSSR count). The number of hydrogen-bond acceptors (Lipinski definition) is 4. The molecule has 0 saturated carbocycles. The summed E-state index contributed by atoms with van der Waals surface area (Å²) in [5.74, 6) is 1.07. The third-order valence-corrected chi connectivity index (χ3v) is 6.58. The fraction of sp³-hybridized carbons (Fsp3) is 0.300. The lowest BCUT2D eigenvalue weighted by molar-refractivity contribution is -0.131. The number of rotatable bonds is 8. The average Bonchev–Trinajstić information content (AvgIpc) is 2.87. The number of nitrogens with zero attached hydrogens (tertiary/aromatic N) is 1. The summed E-state index contributed by atoms with van der Waals surface area (Å²) in [5, 5.41) is 0.708. The Balaban J connectivity index is 1.57. The molecule has 0 unspecified atom stereocenters. The van der Waals surface area contributed by atoms with Gasteiger partial charge in [0.1, 0.15) is 18.1 Å². The molecule has 0 radical (unpaired) electrons. The Hall–Kier alpha value is -3.08. The van der Waals surface area contributed by atoms with Crippen LogP contribution in [0.1, 0.15) is 49.8 Å². The molecule has 1 aliphatic rings. The zero-order chi connectivity index (χ0) is 24.6. The van der Waals surface area contributed by atoms with Crippen LogP contribution in [-0.2, 0) is 4.79 Å². The van der Waals surface area contributed by atoms with Gasteiger partial charge in [0.15, 0.2) is 0 Å². The second-order valence-corrected chi connectivity index (χ2v) is 9.34. The first kappa shape index (κ1) is 25.0. The van der Waals surface area contributed by atoms with Crippen LogP contribution >= 0.6 is 11.6 Å². The first-order valence-electron chi connectivity index (χ1n) is 12.2. The molecule has 35 heavy (non-hydrogen) atoms. The molecule has 1 fully saturated rings. The van der Waals surface area contributed by atoms with Crippen LogP contribution in [-0.4, -0.2) is 37.1 Å². The smallest absolute Gasteiger partial charge is 0.308 e. The van der Waals surface area contributed by atoms with Crippen LogP contribution < -0.4 is 9.47 Å². The second-order valence-electron chi connectivity index (χ2n) is 8.90. The zero-order valence-corrected chi connectivity index (χ0v) is 21.2. The predicted octanol–water partition coefficient (Wildman–Crippen LogP) is 7.11. The van der Waals surface area contributed by atoms with Crippen molar-refractivity contribution in [2.24, 2.45) is 0 Å². The summed E-state index contributed by atoms with van der Waals surface area (Å²) in [4.78, 5) is 13.8. The molecule has 0 bridgehead atoms. The van der Waals surface area contributed by atoms with E-state index in [1.807, 2.05) is 60.7 Å². The van der Waals surface area contributed by atoms with Gasteiger partial charge in [-0.15, -0.1) is 0 Å². The van der Waals surface area contributed by atoms with Crippen LogP contribution in [0.4, 0.5) is 0 Å². The third kappa shape index (κ3) is 6.97. The van der Waals surface area contributed by atoms with Crippen molar-refractivity contribution in [2.45, 2.75) is 33.1 Å². The first-order valence-corrected chi connectivity index (χ1v) is 12.6. The number of esters is 1. The molecular weight excluding hydrogens is 458 g/mol. The maximum absolute atomic E-state index is 11.3. The van der Waals surface area contributed by atoms with Crippen LogP contribution in [0.3, 0.4) is 0 Å². The van der Waals surface area contributed by atoms with Crippen LogP contribution in [0.25, 0.3) is 11.1 Å². The normalized spacial score (nSPS) is 14.8. The van der Waals surface area contributed by atoms with Crippen LogP contribution in [0, 0.1) is 0 Å². The van der Waals surface area contributed by atoms with Gasteiger partial charge in [-0.1, -0.05) is 54.4 Å². The molecule has 5 heteroatoms. The van der Waals surface area contributed by atoms with E-state index >= 15 is 0 Å². The molecule has 0 N–H and O–H groups in total.